The molecular formula is C22H23N5O4. The first-order valence-electron chi connectivity index (χ1n) is 9.80. The molecule has 160 valence electrons. The molecule has 0 bridgehead atoms. The molecule has 0 N–H and O–H groups in total. The van der Waals surface area contributed by atoms with Crippen LogP contribution in [0.25, 0.3) is 16.6 Å². The van der Waals surface area contributed by atoms with E-state index in [0.29, 0.717) is 19.0 Å². The summed E-state index contributed by atoms with van der Waals surface area (Å²) in [7, 11) is 3.44. The van der Waals surface area contributed by atoms with E-state index in [0.717, 1.165) is 22.2 Å². The highest BCUT2D eigenvalue weighted by atomic mass is 16.5. The van der Waals surface area contributed by atoms with Gasteiger partial charge in [-0.05, 0) is 30.7 Å². The highest BCUT2D eigenvalue weighted by Crippen LogP contribution is 2.24. The largest absolute Gasteiger partial charge is 0.490 e. The fraction of sp³-hybridized carbons (Fsp3) is 0.273. The lowest BCUT2D eigenvalue weighted by Crippen LogP contribution is -2.16. The first-order chi connectivity index (χ1) is 15.0. The molecule has 0 fully saturated rings. The summed E-state index contributed by atoms with van der Waals surface area (Å²) in [5, 5.41) is 9.36. The number of methoxy groups -OCH3 is 1. The summed E-state index contributed by atoms with van der Waals surface area (Å²) < 4.78 is 19.8. The van der Waals surface area contributed by atoms with Crippen molar-refractivity contribution in [3.05, 3.63) is 70.9 Å². The topological polar surface area (TPSA) is 93.3 Å². The van der Waals surface area contributed by atoms with Gasteiger partial charge in [0.25, 0.3) is 5.88 Å². The van der Waals surface area contributed by atoms with E-state index in [2.05, 4.69) is 15.2 Å². The van der Waals surface area contributed by atoms with Crippen molar-refractivity contribution in [1.29, 1.82) is 0 Å². The van der Waals surface area contributed by atoms with Crippen LogP contribution < -0.4 is 14.9 Å². The highest BCUT2D eigenvalue weighted by molar-refractivity contribution is 5.80. The first-order valence-corrected chi connectivity index (χ1v) is 9.80. The summed E-state index contributed by atoms with van der Waals surface area (Å²) >= 11 is 0. The van der Waals surface area contributed by atoms with Crippen molar-refractivity contribution in [2.24, 2.45) is 7.05 Å². The summed E-state index contributed by atoms with van der Waals surface area (Å²) in [4.78, 5) is 16.7. The average molecular weight is 421 g/mol. The van der Waals surface area contributed by atoms with E-state index in [9.17, 15) is 4.79 Å². The third kappa shape index (κ3) is 4.72. The van der Waals surface area contributed by atoms with Crippen LogP contribution in [0, 0.1) is 0 Å². The molecule has 9 heteroatoms. The van der Waals surface area contributed by atoms with Crippen LogP contribution in [0.4, 0.5) is 0 Å². The van der Waals surface area contributed by atoms with Gasteiger partial charge in [0.1, 0.15) is 24.1 Å². The van der Waals surface area contributed by atoms with Crippen LogP contribution in [-0.4, -0.2) is 44.9 Å². The Labute approximate surface area is 178 Å². The SMILES string of the molecule is COCCOc1cnc2ccc(C(C)Oc3nn(-c4cnn(C)c4)ccc3=O)cc2c1. The number of hydrogen-bond acceptors (Lipinski definition) is 7. The molecule has 0 aliphatic heterocycles. The normalized spacial score (nSPS) is 12.1. The molecule has 4 rings (SSSR count). The molecule has 31 heavy (non-hydrogen) atoms. The summed E-state index contributed by atoms with van der Waals surface area (Å²) in [6.45, 7) is 2.82. The second kappa shape index (κ2) is 8.97. The average Bonchev–Trinajstić information content (AvgIpc) is 3.21. The van der Waals surface area contributed by atoms with E-state index in [4.69, 9.17) is 14.2 Å². The van der Waals surface area contributed by atoms with Gasteiger partial charge in [-0.25, -0.2) is 4.68 Å². The van der Waals surface area contributed by atoms with Gasteiger partial charge in [-0.15, -0.1) is 5.10 Å². The van der Waals surface area contributed by atoms with Gasteiger partial charge in [0.2, 0.25) is 5.43 Å². The molecular weight excluding hydrogens is 398 g/mol. The predicted molar refractivity (Wildman–Crippen MR) is 115 cm³/mol. The molecule has 4 aromatic rings. The van der Waals surface area contributed by atoms with Crippen LogP contribution in [0.3, 0.4) is 0 Å². The van der Waals surface area contributed by atoms with Crippen LogP contribution >= 0.6 is 0 Å². The van der Waals surface area contributed by atoms with Crippen molar-refractivity contribution in [2.75, 3.05) is 20.3 Å². The van der Waals surface area contributed by atoms with E-state index >= 15 is 0 Å². The highest BCUT2D eigenvalue weighted by Gasteiger charge is 2.13. The zero-order chi connectivity index (χ0) is 21.8. The lowest BCUT2D eigenvalue weighted by Gasteiger charge is -2.15. The maximum Gasteiger partial charge on any atom is 0.280 e. The number of pyridine rings is 1. The zero-order valence-corrected chi connectivity index (χ0v) is 17.6. The number of benzene rings is 1. The lowest BCUT2D eigenvalue weighted by atomic mass is 10.1. The Bertz CT molecular complexity index is 1250. The second-order valence-electron chi connectivity index (χ2n) is 7.03. The van der Waals surface area contributed by atoms with Gasteiger partial charge in [0, 0.05) is 31.8 Å². The monoisotopic (exact) mass is 421 g/mol. The molecule has 1 atom stereocenters. The van der Waals surface area contributed by atoms with E-state index < -0.39 is 6.10 Å². The number of nitrogens with zero attached hydrogens (tertiary/aromatic N) is 5. The minimum absolute atomic E-state index is 0.0220. The van der Waals surface area contributed by atoms with Crippen molar-refractivity contribution < 1.29 is 14.2 Å². The number of fused-ring (bicyclic) bond motifs is 1. The maximum atomic E-state index is 12.3. The molecule has 9 nitrogen and oxygen atoms in total. The van der Waals surface area contributed by atoms with Gasteiger partial charge < -0.3 is 14.2 Å². The summed E-state index contributed by atoms with van der Waals surface area (Å²) in [5.41, 5.74) is 2.18. The maximum absolute atomic E-state index is 12.3. The smallest absolute Gasteiger partial charge is 0.280 e. The molecule has 1 unspecified atom stereocenters. The fourth-order valence-corrected chi connectivity index (χ4v) is 3.08. The molecule has 0 aliphatic carbocycles. The van der Waals surface area contributed by atoms with Crippen LogP contribution in [-0.2, 0) is 11.8 Å². The molecule has 0 saturated carbocycles. The molecule has 0 saturated heterocycles. The van der Waals surface area contributed by atoms with E-state index in [-0.39, 0.29) is 11.3 Å². The van der Waals surface area contributed by atoms with Crippen molar-refractivity contribution >= 4 is 10.9 Å². The predicted octanol–water partition coefficient (Wildman–Crippen LogP) is 2.68. The van der Waals surface area contributed by atoms with Gasteiger partial charge in [0.05, 0.1) is 30.7 Å². The van der Waals surface area contributed by atoms with Crippen molar-refractivity contribution in [1.82, 2.24) is 24.5 Å². The Morgan fingerprint density at radius 2 is 2.00 bits per heavy atom. The van der Waals surface area contributed by atoms with Crippen molar-refractivity contribution in [3.63, 3.8) is 0 Å². The van der Waals surface area contributed by atoms with Gasteiger partial charge in [0.15, 0.2) is 0 Å². The van der Waals surface area contributed by atoms with Crippen molar-refractivity contribution in [2.45, 2.75) is 13.0 Å². The van der Waals surface area contributed by atoms with E-state index in [1.54, 1.807) is 41.3 Å². The second-order valence-corrected chi connectivity index (χ2v) is 7.03. The van der Waals surface area contributed by atoms with E-state index in [1.165, 1.54) is 6.07 Å². The van der Waals surface area contributed by atoms with Gasteiger partial charge >= 0.3 is 0 Å². The van der Waals surface area contributed by atoms with Crippen LogP contribution in [0.15, 0.2) is 59.9 Å². The number of ether oxygens (including phenoxy) is 3. The van der Waals surface area contributed by atoms with Gasteiger partial charge in [-0.2, -0.15) is 5.10 Å². The summed E-state index contributed by atoms with van der Waals surface area (Å²) in [6.07, 6.45) is 6.34. The number of aryl methyl sites for hydroxylation is 1. The Morgan fingerprint density at radius 3 is 2.77 bits per heavy atom. The molecule has 0 amide bonds. The summed E-state index contributed by atoms with van der Waals surface area (Å²) in [5.74, 6) is 0.688. The van der Waals surface area contributed by atoms with Crippen LogP contribution in [0.5, 0.6) is 11.6 Å². The number of rotatable bonds is 8. The van der Waals surface area contributed by atoms with Crippen LogP contribution in [0.1, 0.15) is 18.6 Å². The standard InChI is InChI=1S/C22H23N5O4/c1-15(31-22-21(28)6-7-27(25-22)18-12-24-26(2)14-18)16-4-5-20-17(10-16)11-19(13-23-20)30-9-8-29-3/h4-7,10-15H,8-9H2,1-3H3. The van der Waals surface area contributed by atoms with Crippen molar-refractivity contribution in [3.8, 4) is 17.3 Å². The summed E-state index contributed by atoms with van der Waals surface area (Å²) in [6, 6.07) is 9.16. The molecule has 3 aromatic heterocycles. The van der Waals surface area contributed by atoms with Gasteiger partial charge in [-0.1, -0.05) is 6.07 Å². The molecule has 3 heterocycles. The first kappa shape index (κ1) is 20.5. The Hall–Kier alpha value is -3.72. The molecule has 1 aromatic carbocycles. The lowest BCUT2D eigenvalue weighted by molar-refractivity contribution is 0.146. The van der Waals surface area contributed by atoms with Crippen LogP contribution in [0.2, 0.25) is 0 Å². The Morgan fingerprint density at radius 1 is 1.13 bits per heavy atom. The fourth-order valence-electron chi connectivity index (χ4n) is 3.08. The molecule has 0 radical (unpaired) electrons. The number of aromatic nitrogens is 5. The van der Waals surface area contributed by atoms with Gasteiger partial charge in [-0.3, -0.25) is 14.5 Å². The molecule has 0 aliphatic rings. The minimum Gasteiger partial charge on any atom is -0.490 e. The minimum atomic E-state index is -0.396. The zero-order valence-electron chi connectivity index (χ0n) is 17.6. The Balaban J connectivity index is 1.56. The third-order valence-corrected chi connectivity index (χ3v) is 4.73. The molecule has 0 spiro atoms. The number of hydrogen-bond donors (Lipinski definition) is 0. The quantitative estimate of drug-likeness (QED) is 0.404. The van der Waals surface area contributed by atoms with E-state index in [1.807, 2.05) is 38.2 Å². The third-order valence-electron chi connectivity index (χ3n) is 4.73. The Kier molecular flexibility index (Phi) is 5.94.